The standard InChI is InChI=1S/C11H12N2O/c14-11-5-4-9(7-11)13-8-10-3-1-2-6-12-10/h1-3,6-7,13H,4-5,8H2. The molecule has 1 aliphatic rings. The van der Waals surface area contributed by atoms with E-state index in [1.807, 2.05) is 18.2 Å². The number of rotatable bonds is 3. The molecule has 1 N–H and O–H groups in total. The smallest absolute Gasteiger partial charge is 0.157 e. The van der Waals surface area contributed by atoms with E-state index >= 15 is 0 Å². The Kier molecular flexibility index (Phi) is 2.58. The van der Waals surface area contributed by atoms with E-state index in [0.29, 0.717) is 13.0 Å². The van der Waals surface area contributed by atoms with Gasteiger partial charge in [0.15, 0.2) is 5.78 Å². The molecule has 0 radical (unpaired) electrons. The Hall–Kier alpha value is -1.64. The summed E-state index contributed by atoms with van der Waals surface area (Å²) in [6.45, 7) is 0.694. The second kappa shape index (κ2) is 4.05. The predicted molar refractivity (Wildman–Crippen MR) is 53.4 cm³/mol. The number of nitrogens with one attached hydrogen (secondary N) is 1. The van der Waals surface area contributed by atoms with Gasteiger partial charge in [0.2, 0.25) is 0 Å². The Labute approximate surface area is 82.9 Å². The fourth-order valence-corrected chi connectivity index (χ4v) is 1.44. The number of allylic oxidation sites excluding steroid dienone is 2. The number of carbonyl (C=O) groups is 1. The number of nitrogens with zero attached hydrogens (tertiary/aromatic N) is 1. The maximum absolute atomic E-state index is 10.9. The first-order valence-electron chi connectivity index (χ1n) is 4.72. The highest BCUT2D eigenvalue weighted by atomic mass is 16.1. The molecule has 1 heterocycles. The van der Waals surface area contributed by atoms with Gasteiger partial charge in [0.05, 0.1) is 12.2 Å². The van der Waals surface area contributed by atoms with Gasteiger partial charge in [-0.3, -0.25) is 9.78 Å². The first-order chi connectivity index (χ1) is 6.84. The summed E-state index contributed by atoms with van der Waals surface area (Å²) in [4.78, 5) is 15.1. The van der Waals surface area contributed by atoms with Crippen molar-refractivity contribution in [2.75, 3.05) is 0 Å². The number of hydrogen-bond donors (Lipinski definition) is 1. The highest BCUT2D eigenvalue weighted by Gasteiger charge is 2.10. The summed E-state index contributed by atoms with van der Waals surface area (Å²) in [6.07, 6.45) is 4.93. The summed E-state index contributed by atoms with van der Waals surface area (Å²) in [5.41, 5.74) is 2.02. The number of pyridine rings is 1. The lowest BCUT2D eigenvalue weighted by Crippen LogP contribution is -2.11. The average molecular weight is 188 g/mol. The van der Waals surface area contributed by atoms with E-state index in [2.05, 4.69) is 10.3 Å². The van der Waals surface area contributed by atoms with E-state index in [0.717, 1.165) is 17.8 Å². The number of aromatic nitrogens is 1. The second-order valence-corrected chi connectivity index (χ2v) is 3.31. The van der Waals surface area contributed by atoms with Gasteiger partial charge in [-0.2, -0.15) is 0 Å². The maximum Gasteiger partial charge on any atom is 0.157 e. The fraction of sp³-hybridized carbons (Fsp3) is 0.273. The van der Waals surface area contributed by atoms with E-state index in [9.17, 15) is 4.79 Å². The second-order valence-electron chi connectivity index (χ2n) is 3.31. The van der Waals surface area contributed by atoms with Crippen molar-refractivity contribution in [2.45, 2.75) is 19.4 Å². The van der Waals surface area contributed by atoms with Crippen LogP contribution in [0.15, 0.2) is 36.2 Å². The zero-order valence-corrected chi connectivity index (χ0v) is 7.86. The molecule has 1 aliphatic carbocycles. The van der Waals surface area contributed by atoms with Gasteiger partial charge in [-0.15, -0.1) is 0 Å². The molecule has 1 aromatic rings. The van der Waals surface area contributed by atoms with Gasteiger partial charge >= 0.3 is 0 Å². The topological polar surface area (TPSA) is 42.0 Å². The normalized spacial score (nSPS) is 15.4. The van der Waals surface area contributed by atoms with Crippen molar-refractivity contribution in [3.8, 4) is 0 Å². The third-order valence-electron chi connectivity index (χ3n) is 2.20. The van der Waals surface area contributed by atoms with Crippen LogP contribution < -0.4 is 5.32 Å². The minimum atomic E-state index is 0.216. The summed E-state index contributed by atoms with van der Waals surface area (Å²) in [6, 6.07) is 5.81. The lowest BCUT2D eigenvalue weighted by Gasteiger charge is -2.04. The SMILES string of the molecule is O=C1C=C(NCc2ccccn2)CC1. The van der Waals surface area contributed by atoms with Gasteiger partial charge in [0.25, 0.3) is 0 Å². The van der Waals surface area contributed by atoms with Crippen molar-refractivity contribution in [3.05, 3.63) is 41.9 Å². The largest absolute Gasteiger partial charge is 0.383 e. The van der Waals surface area contributed by atoms with E-state index < -0.39 is 0 Å². The highest BCUT2D eigenvalue weighted by molar-refractivity contribution is 5.92. The molecule has 0 amide bonds. The molecule has 14 heavy (non-hydrogen) atoms. The molecule has 3 nitrogen and oxygen atoms in total. The average Bonchev–Trinajstić information content (AvgIpc) is 2.63. The minimum Gasteiger partial charge on any atom is -0.383 e. The zero-order chi connectivity index (χ0) is 9.80. The Bertz CT molecular complexity index is 357. The zero-order valence-electron chi connectivity index (χ0n) is 7.86. The van der Waals surface area contributed by atoms with Crippen LogP contribution in [-0.4, -0.2) is 10.8 Å². The van der Waals surface area contributed by atoms with Crippen molar-refractivity contribution < 1.29 is 4.79 Å². The van der Waals surface area contributed by atoms with Crippen molar-refractivity contribution in [2.24, 2.45) is 0 Å². The lowest BCUT2D eigenvalue weighted by atomic mass is 10.3. The van der Waals surface area contributed by atoms with Gasteiger partial charge in [-0.25, -0.2) is 0 Å². The van der Waals surface area contributed by atoms with Gasteiger partial charge in [0.1, 0.15) is 0 Å². The van der Waals surface area contributed by atoms with Crippen LogP contribution in [0.25, 0.3) is 0 Å². The first-order valence-corrected chi connectivity index (χ1v) is 4.72. The first kappa shape index (κ1) is 8.94. The van der Waals surface area contributed by atoms with Gasteiger partial charge in [-0.1, -0.05) is 6.07 Å². The summed E-state index contributed by atoms with van der Waals surface area (Å²) in [5, 5.41) is 3.21. The molecule has 0 fully saturated rings. The Morgan fingerprint density at radius 1 is 1.36 bits per heavy atom. The van der Waals surface area contributed by atoms with Gasteiger partial charge in [-0.05, 0) is 18.6 Å². The van der Waals surface area contributed by atoms with Crippen molar-refractivity contribution in [3.63, 3.8) is 0 Å². The molecule has 2 rings (SSSR count). The maximum atomic E-state index is 10.9. The van der Waals surface area contributed by atoms with Crippen LogP contribution in [0.5, 0.6) is 0 Å². The molecular formula is C11H12N2O. The molecule has 0 bridgehead atoms. The minimum absolute atomic E-state index is 0.216. The van der Waals surface area contributed by atoms with E-state index in [1.54, 1.807) is 12.3 Å². The molecule has 3 heteroatoms. The van der Waals surface area contributed by atoms with E-state index in [1.165, 1.54) is 0 Å². The molecule has 0 saturated heterocycles. The molecule has 0 saturated carbocycles. The Morgan fingerprint density at radius 3 is 2.93 bits per heavy atom. The molecule has 1 aromatic heterocycles. The summed E-state index contributed by atoms with van der Waals surface area (Å²) >= 11 is 0. The fourth-order valence-electron chi connectivity index (χ4n) is 1.44. The van der Waals surface area contributed by atoms with Crippen molar-refractivity contribution in [1.82, 2.24) is 10.3 Å². The van der Waals surface area contributed by atoms with Gasteiger partial charge in [0, 0.05) is 24.4 Å². The molecule has 0 aromatic carbocycles. The number of ketones is 1. The molecular weight excluding hydrogens is 176 g/mol. The van der Waals surface area contributed by atoms with Crippen LogP contribution in [-0.2, 0) is 11.3 Å². The summed E-state index contributed by atoms with van der Waals surface area (Å²) in [7, 11) is 0. The number of carbonyl (C=O) groups excluding carboxylic acids is 1. The third-order valence-corrected chi connectivity index (χ3v) is 2.20. The predicted octanol–water partition coefficient (Wildman–Crippen LogP) is 1.42. The van der Waals surface area contributed by atoms with Crippen molar-refractivity contribution >= 4 is 5.78 Å². The molecule has 72 valence electrons. The highest BCUT2D eigenvalue weighted by Crippen LogP contribution is 2.12. The summed E-state index contributed by atoms with van der Waals surface area (Å²) in [5.74, 6) is 0.216. The van der Waals surface area contributed by atoms with Crippen LogP contribution >= 0.6 is 0 Å². The van der Waals surface area contributed by atoms with Crippen LogP contribution in [0.4, 0.5) is 0 Å². The summed E-state index contributed by atoms with van der Waals surface area (Å²) < 4.78 is 0. The van der Waals surface area contributed by atoms with Crippen LogP contribution in [0, 0.1) is 0 Å². The molecule has 0 spiro atoms. The monoisotopic (exact) mass is 188 g/mol. The van der Waals surface area contributed by atoms with Crippen LogP contribution in [0.2, 0.25) is 0 Å². The Morgan fingerprint density at radius 2 is 2.29 bits per heavy atom. The van der Waals surface area contributed by atoms with Crippen LogP contribution in [0.1, 0.15) is 18.5 Å². The third kappa shape index (κ3) is 2.19. The molecule has 0 aliphatic heterocycles. The quantitative estimate of drug-likeness (QED) is 0.780. The lowest BCUT2D eigenvalue weighted by molar-refractivity contribution is -0.114. The van der Waals surface area contributed by atoms with Crippen molar-refractivity contribution in [1.29, 1.82) is 0 Å². The molecule has 0 unspecified atom stereocenters. The van der Waals surface area contributed by atoms with Crippen LogP contribution in [0.3, 0.4) is 0 Å². The van der Waals surface area contributed by atoms with Gasteiger partial charge < -0.3 is 5.32 Å². The molecule has 0 atom stereocenters. The van der Waals surface area contributed by atoms with E-state index in [4.69, 9.17) is 0 Å². The Balaban J connectivity index is 1.89. The number of hydrogen-bond acceptors (Lipinski definition) is 3. The van der Waals surface area contributed by atoms with E-state index in [-0.39, 0.29) is 5.78 Å².